The van der Waals surface area contributed by atoms with Crippen molar-refractivity contribution in [2.24, 2.45) is 0 Å². The smallest absolute Gasteiger partial charge is 0.274 e. The van der Waals surface area contributed by atoms with Crippen LogP contribution in [0.15, 0.2) is 36.4 Å². The lowest BCUT2D eigenvalue weighted by atomic mass is 9.92. The summed E-state index contributed by atoms with van der Waals surface area (Å²) in [5.74, 6) is -1.26. The molecule has 3 rings (SSSR count). The lowest BCUT2D eigenvalue weighted by Crippen LogP contribution is -2.28. The molecule has 0 saturated carbocycles. The molecule has 6 nitrogen and oxygen atoms in total. The zero-order valence-electron chi connectivity index (χ0n) is 16.6. The van der Waals surface area contributed by atoms with Crippen LogP contribution in [0.5, 0.6) is 0 Å². The summed E-state index contributed by atoms with van der Waals surface area (Å²) in [6, 6.07) is 5.73. The summed E-state index contributed by atoms with van der Waals surface area (Å²) >= 11 is 0. The summed E-state index contributed by atoms with van der Waals surface area (Å²) in [6.45, 7) is 9.51. The van der Waals surface area contributed by atoms with Gasteiger partial charge in [-0.25, -0.2) is 4.39 Å². The maximum Gasteiger partial charge on any atom is 0.274 e. The highest BCUT2D eigenvalue weighted by molar-refractivity contribution is 6.04. The Labute approximate surface area is 164 Å². The number of rotatable bonds is 4. The van der Waals surface area contributed by atoms with E-state index in [9.17, 15) is 14.0 Å². The van der Waals surface area contributed by atoms with Crippen molar-refractivity contribution in [3.05, 3.63) is 59.2 Å². The molecule has 1 N–H and O–H groups in total. The molecule has 0 radical (unpaired) electrons. The number of halogens is 1. The third-order valence-electron chi connectivity index (χ3n) is 4.65. The number of benzene rings is 1. The molecule has 0 fully saturated rings. The van der Waals surface area contributed by atoms with Crippen LogP contribution in [0.1, 0.15) is 54.2 Å². The van der Waals surface area contributed by atoms with Gasteiger partial charge in [0.05, 0.1) is 11.4 Å². The first-order valence-corrected chi connectivity index (χ1v) is 9.34. The summed E-state index contributed by atoms with van der Waals surface area (Å²) in [4.78, 5) is 26.9. The highest BCUT2D eigenvalue weighted by atomic mass is 19.1. The fraction of sp³-hybridized carbons (Fsp3) is 0.381. The molecule has 0 aliphatic carbocycles. The Bertz CT molecular complexity index is 932. The molecule has 2 amide bonds. The van der Waals surface area contributed by atoms with E-state index >= 15 is 0 Å². The summed E-state index contributed by atoms with van der Waals surface area (Å²) in [5.41, 5.74) is 1.23. The van der Waals surface area contributed by atoms with Gasteiger partial charge in [0.1, 0.15) is 11.5 Å². The lowest BCUT2D eigenvalue weighted by Gasteiger charge is -2.16. The summed E-state index contributed by atoms with van der Waals surface area (Å²) in [5, 5.41) is 7.07. The number of carbonyl (C=O) groups is 2. The van der Waals surface area contributed by atoms with Gasteiger partial charge in [0.25, 0.3) is 11.8 Å². The monoisotopic (exact) mass is 384 g/mol. The van der Waals surface area contributed by atoms with E-state index in [1.807, 2.05) is 39.8 Å². The van der Waals surface area contributed by atoms with Gasteiger partial charge < -0.3 is 10.2 Å². The highest BCUT2D eigenvalue weighted by Gasteiger charge is 2.24. The standard InChI is InChI=1S/C21H25FN4O2/c1-5-26-17(13-18(24-26)21(2,3)4)19(27)23-16-12-14(8-9-15(16)22)20(28)25-10-6-7-11-25/h6-9,12-13H,5,10-11H2,1-4H3,(H,23,27). The Morgan fingerprint density at radius 1 is 1.18 bits per heavy atom. The minimum absolute atomic E-state index is 0.0239. The topological polar surface area (TPSA) is 67.2 Å². The van der Waals surface area contributed by atoms with Crippen LogP contribution in [-0.2, 0) is 12.0 Å². The molecule has 1 aromatic heterocycles. The van der Waals surface area contributed by atoms with Crippen molar-refractivity contribution in [2.75, 3.05) is 18.4 Å². The van der Waals surface area contributed by atoms with Gasteiger partial charge in [0.15, 0.2) is 0 Å². The number of carbonyl (C=O) groups excluding carboxylic acids is 2. The average molecular weight is 384 g/mol. The first-order chi connectivity index (χ1) is 13.2. The minimum Gasteiger partial charge on any atom is -0.331 e. The fourth-order valence-electron chi connectivity index (χ4n) is 2.97. The SMILES string of the molecule is CCn1nc(C(C)(C)C)cc1C(=O)Nc1cc(C(=O)N2CC=CC2)ccc1F. The van der Waals surface area contributed by atoms with Gasteiger partial charge in [-0.1, -0.05) is 32.9 Å². The molecule has 1 aliphatic rings. The van der Waals surface area contributed by atoms with E-state index in [0.717, 1.165) is 5.69 Å². The molecular weight excluding hydrogens is 359 g/mol. The molecule has 148 valence electrons. The number of hydrogen-bond donors (Lipinski definition) is 1. The fourth-order valence-corrected chi connectivity index (χ4v) is 2.97. The van der Waals surface area contributed by atoms with Crippen molar-refractivity contribution in [2.45, 2.75) is 39.7 Å². The van der Waals surface area contributed by atoms with Crippen LogP contribution in [-0.4, -0.2) is 39.6 Å². The molecule has 7 heteroatoms. The summed E-state index contributed by atoms with van der Waals surface area (Å²) in [7, 11) is 0. The zero-order chi connectivity index (χ0) is 20.5. The number of aromatic nitrogens is 2. The van der Waals surface area contributed by atoms with Gasteiger partial charge in [-0.3, -0.25) is 14.3 Å². The third kappa shape index (κ3) is 3.98. The maximum atomic E-state index is 14.3. The number of amides is 2. The largest absolute Gasteiger partial charge is 0.331 e. The number of nitrogens with zero attached hydrogens (tertiary/aromatic N) is 3. The van der Waals surface area contributed by atoms with Gasteiger partial charge in [-0.05, 0) is 31.2 Å². The Balaban J connectivity index is 1.85. The Morgan fingerprint density at radius 2 is 1.86 bits per heavy atom. The minimum atomic E-state index is -0.594. The van der Waals surface area contributed by atoms with Crippen molar-refractivity contribution < 1.29 is 14.0 Å². The van der Waals surface area contributed by atoms with Crippen LogP contribution in [0.3, 0.4) is 0 Å². The van der Waals surface area contributed by atoms with Gasteiger partial charge in [-0.15, -0.1) is 0 Å². The second-order valence-electron chi connectivity index (χ2n) is 7.81. The molecule has 2 aromatic rings. The molecular formula is C21H25FN4O2. The van der Waals surface area contributed by atoms with Crippen LogP contribution < -0.4 is 5.32 Å². The van der Waals surface area contributed by atoms with Gasteiger partial charge in [0.2, 0.25) is 0 Å². The summed E-state index contributed by atoms with van der Waals surface area (Å²) in [6.07, 6.45) is 3.81. The van der Waals surface area contributed by atoms with Crippen molar-refractivity contribution in [3.63, 3.8) is 0 Å². The van der Waals surface area contributed by atoms with Crippen LogP contribution >= 0.6 is 0 Å². The third-order valence-corrected chi connectivity index (χ3v) is 4.65. The number of anilines is 1. The number of nitrogens with one attached hydrogen (secondary N) is 1. The van der Waals surface area contributed by atoms with Crippen molar-refractivity contribution in [1.82, 2.24) is 14.7 Å². The molecule has 0 unspecified atom stereocenters. The van der Waals surface area contributed by atoms with Crippen LogP contribution in [0.4, 0.5) is 10.1 Å². The number of aryl methyl sites for hydroxylation is 1. The van der Waals surface area contributed by atoms with Gasteiger partial charge in [-0.2, -0.15) is 5.10 Å². The molecule has 1 aliphatic heterocycles. The Hall–Kier alpha value is -2.96. The second-order valence-corrected chi connectivity index (χ2v) is 7.81. The second kappa shape index (κ2) is 7.58. The molecule has 28 heavy (non-hydrogen) atoms. The number of hydrogen-bond acceptors (Lipinski definition) is 3. The van der Waals surface area contributed by atoms with Crippen molar-refractivity contribution >= 4 is 17.5 Å². The molecule has 0 atom stereocenters. The van der Waals surface area contributed by atoms with Gasteiger partial charge >= 0.3 is 0 Å². The molecule has 0 bridgehead atoms. The summed E-state index contributed by atoms with van der Waals surface area (Å²) < 4.78 is 15.9. The van der Waals surface area contributed by atoms with E-state index in [-0.39, 0.29) is 17.0 Å². The molecule has 1 aromatic carbocycles. The first kappa shape index (κ1) is 19.8. The zero-order valence-corrected chi connectivity index (χ0v) is 16.6. The lowest BCUT2D eigenvalue weighted by molar-refractivity contribution is 0.0799. The van der Waals surface area contributed by atoms with Crippen molar-refractivity contribution in [3.8, 4) is 0 Å². The molecule has 0 saturated heterocycles. The Kier molecular flexibility index (Phi) is 5.36. The quantitative estimate of drug-likeness (QED) is 0.819. The van der Waals surface area contributed by atoms with E-state index < -0.39 is 11.7 Å². The molecule has 2 heterocycles. The van der Waals surface area contributed by atoms with Crippen LogP contribution in [0.25, 0.3) is 0 Å². The first-order valence-electron chi connectivity index (χ1n) is 9.34. The molecule has 0 spiro atoms. The Morgan fingerprint density at radius 3 is 2.46 bits per heavy atom. The van der Waals surface area contributed by atoms with Crippen molar-refractivity contribution in [1.29, 1.82) is 0 Å². The highest BCUT2D eigenvalue weighted by Crippen LogP contribution is 2.23. The van der Waals surface area contributed by atoms with Crippen LogP contribution in [0, 0.1) is 5.82 Å². The van der Waals surface area contributed by atoms with E-state index in [1.54, 1.807) is 15.6 Å². The van der Waals surface area contributed by atoms with Gasteiger partial charge in [0, 0.05) is 30.6 Å². The average Bonchev–Trinajstić information content (AvgIpc) is 3.32. The van der Waals surface area contributed by atoms with E-state index in [1.165, 1.54) is 18.2 Å². The maximum absolute atomic E-state index is 14.3. The van der Waals surface area contributed by atoms with E-state index in [4.69, 9.17) is 0 Å². The predicted octanol–water partition coefficient (Wildman–Crippen LogP) is 3.60. The normalized spacial score (nSPS) is 13.8. The van der Waals surface area contributed by atoms with E-state index in [0.29, 0.717) is 30.9 Å². The predicted molar refractivity (Wildman–Crippen MR) is 106 cm³/mol. The van der Waals surface area contributed by atoms with Crippen LogP contribution in [0.2, 0.25) is 0 Å². The van der Waals surface area contributed by atoms with E-state index in [2.05, 4.69) is 10.4 Å².